The molecule has 0 bridgehead atoms. The summed E-state index contributed by atoms with van der Waals surface area (Å²) in [4.78, 5) is 25.7. The highest BCUT2D eigenvalue weighted by molar-refractivity contribution is 6.03. The number of likely N-dealkylation sites (N-methyl/N-ethyl adjacent to an activating group) is 1. The number of benzene rings is 1. The summed E-state index contributed by atoms with van der Waals surface area (Å²) >= 11 is 0. The fourth-order valence-corrected chi connectivity index (χ4v) is 2.53. The van der Waals surface area contributed by atoms with Crippen LogP contribution in [0.3, 0.4) is 0 Å². The quantitative estimate of drug-likeness (QED) is 0.819. The van der Waals surface area contributed by atoms with E-state index in [2.05, 4.69) is 5.32 Å². The van der Waals surface area contributed by atoms with Crippen LogP contribution in [-0.2, 0) is 11.2 Å². The van der Waals surface area contributed by atoms with Gasteiger partial charge in [-0.3, -0.25) is 9.59 Å². The van der Waals surface area contributed by atoms with Crippen LogP contribution in [0.25, 0.3) is 0 Å². The number of Topliss-reactive ketones (excluding diaryl/α,β-unsaturated/α-hetero) is 1. The molecule has 0 saturated carbocycles. The smallest absolute Gasteiger partial charge is 0.231 e. The van der Waals surface area contributed by atoms with Crippen molar-refractivity contribution in [2.24, 2.45) is 5.92 Å². The first kappa shape index (κ1) is 13.7. The van der Waals surface area contributed by atoms with E-state index in [-0.39, 0.29) is 17.6 Å². The van der Waals surface area contributed by atoms with Crippen LogP contribution < -0.4 is 10.2 Å². The summed E-state index contributed by atoms with van der Waals surface area (Å²) in [6.07, 6.45) is 1.21. The minimum atomic E-state index is -0.00196. The molecule has 2 rings (SSSR count). The van der Waals surface area contributed by atoms with E-state index in [4.69, 9.17) is 0 Å². The van der Waals surface area contributed by atoms with Gasteiger partial charge < -0.3 is 10.2 Å². The van der Waals surface area contributed by atoms with Crippen molar-refractivity contribution in [3.8, 4) is 0 Å². The summed E-state index contributed by atoms with van der Waals surface area (Å²) in [6.45, 7) is 2.70. The molecule has 1 aromatic carbocycles. The molecule has 1 atom stereocenters. The normalized spacial score (nSPS) is 15.5. The number of carbonyl (C=O) groups excluding carboxylic acids is 2. The predicted octanol–water partition coefficient (Wildman–Crippen LogP) is 1.63. The van der Waals surface area contributed by atoms with Gasteiger partial charge >= 0.3 is 0 Å². The standard InChI is InChI=1S/C15H20N2O2/c1-4-10(9-16-2)15(19)11-5-6-13-12(7-11)8-14(18)17(13)3/h5-7,10,16H,4,8-9H2,1-3H3. The molecule has 0 radical (unpaired) electrons. The first-order chi connectivity index (χ1) is 9.08. The number of amides is 1. The zero-order valence-corrected chi connectivity index (χ0v) is 11.7. The fourth-order valence-electron chi connectivity index (χ4n) is 2.53. The monoisotopic (exact) mass is 260 g/mol. The maximum absolute atomic E-state index is 12.4. The molecule has 1 N–H and O–H groups in total. The summed E-state index contributed by atoms with van der Waals surface area (Å²) in [5, 5.41) is 3.05. The zero-order valence-electron chi connectivity index (χ0n) is 11.7. The molecule has 0 fully saturated rings. The molecule has 0 saturated heterocycles. The van der Waals surface area contributed by atoms with E-state index in [0.29, 0.717) is 18.5 Å². The van der Waals surface area contributed by atoms with Gasteiger partial charge in [0.15, 0.2) is 5.78 Å². The van der Waals surface area contributed by atoms with Crippen molar-refractivity contribution in [3.05, 3.63) is 29.3 Å². The van der Waals surface area contributed by atoms with Crippen molar-refractivity contribution >= 4 is 17.4 Å². The Morgan fingerprint density at radius 2 is 2.21 bits per heavy atom. The van der Waals surface area contributed by atoms with Gasteiger partial charge in [-0.1, -0.05) is 6.92 Å². The van der Waals surface area contributed by atoms with Gasteiger partial charge in [0.25, 0.3) is 0 Å². The van der Waals surface area contributed by atoms with Gasteiger partial charge in [-0.25, -0.2) is 0 Å². The molecule has 4 heteroatoms. The number of carbonyl (C=O) groups is 2. The SMILES string of the molecule is CCC(CNC)C(=O)c1ccc2c(c1)CC(=O)N2C. The number of nitrogens with zero attached hydrogens (tertiary/aromatic N) is 1. The van der Waals surface area contributed by atoms with E-state index in [1.54, 1.807) is 11.9 Å². The van der Waals surface area contributed by atoms with Gasteiger partial charge in [0, 0.05) is 30.8 Å². The number of hydrogen-bond acceptors (Lipinski definition) is 3. The summed E-state index contributed by atoms with van der Waals surface area (Å²) < 4.78 is 0. The zero-order chi connectivity index (χ0) is 14.0. The second-order valence-corrected chi connectivity index (χ2v) is 5.00. The van der Waals surface area contributed by atoms with Gasteiger partial charge in [-0.05, 0) is 37.2 Å². The predicted molar refractivity (Wildman–Crippen MR) is 75.6 cm³/mol. The van der Waals surface area contributed by atoms with E-state index >= 15 is 0 Å². The first-order valence-electron chi connectivity index (χ1n) is 6.66. The number of anilines is 1. The number of ketones is 1. The van der Waals surface area contributed by atoms with Gasteiger partial charge in [0.1, 0.15) is 0 Å². The molecule has 4 nitrogen and oxygen atoms in total. The molecular formula is C15H20N2O2. The maximum atomic E-state index is 12.4. The van der Waals surface area contributed by atoms with E-state index in [0.717, 1.165) is 17.7 Å². The van der Waals surface area contributed by atoms with Crippen LogP contribution >= 0.6 is 0 Å². The van der Waals surface area contributed by atoms with Crippen LogP contribution in [0.2, 0.25) is 0 Å². The Bertz CT molecular complexity index is 511. The van der Waals surface area contributed by atoms with Gasteiger partial charge in [0.2, 0.25) is 5.91 Å². The lowest BCUT2D eigenvalue weighted by Gasteiger charge is -2.14. The minimum absolute atomic E-state index is 0.00196. The molecule has 102 valence electrons. The average molecular weight is 260 g/mol. The second-order valence-electron chi connectivity index (χ2n) is 5.00. The highest BCUT2D eigenvalue weighted by atomic mass is 16.2. The van der Waals surface area contributed by atoms with Crippen molar-refractivity contribution in [2.75, 3.05) is 25.5 Å². The third kappa shape index (κ3) is 2.54. The Hall–Kier alpha value is -1.68. The molecule has 1 aliphatic rings. The Kier molecular flexibility index (Phi) is 4.00. The largest absolute Gasteiger partial charge is 0.319 e. The van der Waals surface area contributed by atoms with Crippen LogP contribution in [0.1, 0.15) is 29.3 Å². The van der Waals surface area contributed by atoms with Crippen LogP contribution in [0, 0.1) is 5.92 Å². The van der Waals surface area contributed by atoms with E-state index < -0.39 is 0 Å². The lowest BCUT2D eigenvalue weighted by Crippen LogP contribution is -2.25. The van der Waals surface area contributed by atoms with Gasteiger partial charge in [0.05, 0.1) is 6.42 Å². The Labute approximate surface area is 113 Å². The van der Waals surface area contributed by atoms with Crippen molar-refractivity contribution in [2.45, 2.75) is 19.8 Å². The third-order valence-corrected chi connectivity index (χ3v) is 3.76. The lowest BCUT2D eigenvalue weighted by molar-refractivity contribution is -0.117. The summed E-state index contributed by atoms with van der Waals surface area (Å²) in [6, 6.07) is 5.57. The molecule has 0 aromatic heterocycles. The first-order valence-corrected chi connectivity index (χ1v) is 6.66. The molecule has 1 aromatic rings. The number of nitrogens with one attached hydrogen (secondary N) is 1. The minimum Gasteiger partial charge on any atom is -0.319 e. The molecule has 1 unspecified atom stereocenters. The van der Waals surface area contributed by atoms with Crippen molar-refractivity contribution in [3.63, 3.8) is 0 Å². The Morgan fingerprint density at radius 3 is 2.84 bits per heavy atom. The van der Waals surface area contributed by atoms with Gasteiger partial charge in [-0.15, -0.1) is 0 Å². The molecule has 1 amide bonds. The fraction of sp³-hybridized carbons (Fsp3) is 0.467. The number of fused-ring (bicyclic) bond motifs is 1. The average Bonchev–Trinajstić information content (AvgIpc) is 2.70. The summed E-state index contributed by atoms with van der Waals surface area (Å²) in [7, 11) is 3.62. The molecule has 1 heterocycles. The second kappa shape index (κ2) is 5.53. The van der Waals surface area contributed by atoms with Crippen LogP contribution in [-0.4, -0.2) is 32.3 Å². The highest BCUT2D eigenvalue weighted by Gasteiger charge is 2.26. The topological polar surface area (TPSA) is 49.4 Å². The third-order valence-electron chi connectivity index (χ3n) is 3.76. The van der Waals surface area contributed by atoms with E-state index in [1.165, 1.54) is 0 Å². The molecule has 1 aliphatic heterocycles. The molecular weight excluding hydrogens is 240 g/mol. The van der Waals surface area contributed by atoms with E-state index in [1.807, 2.05) is 32.2 Å². The van der Waals surface area contributed by atoms with Crippen LogP contribution in [0.15, 0.2) is 18.2 Å². The van der Waals surface area contributed by atoms with Gasteiger partial charge in [-0.2, -0.15) is 0 Å². The Balaban J connectivity index is 2.26. The van der Waals surface area contributed by atoms with Crippen molar-refractivity contribution < 1.29 is 9.59 Å². The highest BCUT2D eigenvalue weighted by Crippen LogP contribution is 2.29. The molecule has 19 heavy (non-hydrogen) atoms. The van der Waals surface area contributed by atoms with Crippen LogP contribution in [0.5, 0.6) is 0 Å². The van der Waals surface area contributed by atoms with Crippen LogP contribution in [0.4, 0.5) is 5.69 Å². The Morgan fingerprint density at radius 1 is 1.47 bits per heavy atom. The molecule has 0 aliphatic carbocycles. The van der Waals surface area contributed by atoms with E-state index in [9.17, 15) is 9.59 Å². The lowest BCUT2D eigenvalue weighted by atomic mass is 9.93. The maximum Gasteiger partial charge on any atom is 0.231 e. The summed E-state index contributed by atoms with van der Waals surface area (Å²) in [5.74, 6) is 0.237. The van der Waals surface area contributed by atoms with Crippen molar-refractivity contribution in [1.29, 1.82) is 0 Å². The summed E-state index contributed by atoms with van der Waals surface area (Å²) in [5.41, 5.74) is 2.59. The number of rotatable bonds is 5. The molecule has 0 spiro atoms. The number of hydrogen-bond donors (Lipinski definition) is 1. The van der Waals surface area contributed by atoms with Crippen molar-refractivity contribution in [1.82, 2.24) is 5.32 Å².